The molecule has 1 aromatic rings. The van der Waals surface area contributed by atoms with Crippen molar-refractivity contribution in [1.29, 1.82) is 0 Å². The SMILES string of the molecule is C1=C2C(=NCc3ccccc31)C1CCN2CC1. The molecule has 2 bridgehead atoms. The number of hydrogen-bond donors (Lipinski definition) is 0. The Morgan fingerprint density at radius 3 is 2.82 bits per heavy atom. The van der Waals surface area contributed by atoms with Gasteiger partial charge in [-0.1, -0.05) is 24.3 Å². The van der Waals surface area contributed by atoms with Gasteiger partial charge in [0.2, 0.25) is 0 Å². The van der Waals surface area contributed by atoms with Crippen molar-refractivity contribution in [2.75, 3.05) is 13.1 Å². The van der Waals surface area contributed by atoms with Crippen molar-refractivity contribution >= 4 is 11.8 Å². The first kappa shape index (κ1) is 9.46. The Kier molecular flexibility index (Phi) is 1.92. The molecule has 0 aromatic heterocycles. The Labute approximate surface area is 102 Å². The van der Waals surface area contributed by atoms with E-state index in [0.29, 0.717) is 0 Å². The number of fused-ring (bicyclic) bond motifs is 3. The van der Waals surface area contributed by atoms with Gasteiger partial charge in [0, 0.05) is 19.0 Å². The van der Waals surface area contributed by atoms with Crippen LogP contribution >= 0.6 is 0 Å². The molecule has 0 radical (unpaired) electrons. The molecule has 2 nitrogen and oxygen atoms in total. The van der Waals surface area contributed by atoms with E-state index in [1.54, 1.807) is 0 Å². The minimum atomic E-state index is 0.723. The zero-order valence-electron chi connectivity index (χ0n) is 9.89. The highest BCUT2D eigenvalue weighted by Gasteiger charge is 2.35. The fourth-order valence-electron chi connectivity index (χ4n) is 3.28. The van der Waals surface area contributed by atoms with Gasteiger partial charge in [-0.05, 0) is 30.0 Å². The van der Waals surface area contributed by atoms with Crippen molar-refractivity contribution in [2.45, 2.75) is 19.4 Å². The van der Waals surface area contributed by atoms with E-state index in [4.69, 9.17) is 4.99 Å². The molecule has 3 fully saturated rings. The molecule has 4 aliphatic heterocycles. The lowest BCUT2D eigenvalue weighted by atomic mass is 9.83. The maximum atomic E-state index is 4.88. The van der Waals surface area contributed by atoms with E-state index in [9.17, 15) is 0 Å². The average molecular weight is 224 g/mol. The number of piperidine rings is 3. The molecule has 86 valence electrons. The summed E-state index contributed by atoms with van der Waals surface area (Å²) in [6.45, 7) is 3.30. The van der Waals surface area contributed by atoms with Gasteiger partial charge in [0.05, 0.1) is 18.0 Å². The number of benzene rings is 1. The highest BCUT2D eigenvalue weighted by atomic mass is 15.2. The molecule has 0 spiro atoms. The molecule has 3 saturated heterocycles. The second-order valence-corrected chi connectivity index (χ2v) is 5.19. The Morgan fingerprint density at radius 1 is 1.12 bits per heavy atom. The first-order chi connectivity index (χ1) is 8.42. The van der Waals surface area contributed by atoms with Gasteiger partial charge in [-0.25, -0.2) is 0 Å². The van der Waals surface area contributed by atoms with Crippen LogP contribution < -0.4 is 0 Å². The summed E-state index contributed by atoms with van der Waals surface area (Å²) in [5.74, 6) is 0.723. The van der Waals surface area contributed by atoms with Crippen molar-refractivity contribution in [2.24, 2.45) is 10.9 Å². The zero-order valence-corrected chi connectivity index (χ0v) is 9.89. The topological polar surface area (TPSA) is 15.6 Å². The van der Waals surface area contributed by atoms with Crippen LogP contribution in [0.25, 0.3) is 6.08 Å². The fourth-order valence-corrected chi connectivity index (χ4v) is 3.28. The molecule has 4 aliphatic rings. The predicted molar refractivity (Wildman–Crippen MR) is 69.9 cm³/mol. The predicted octanol–water partition coefficient (Wildman–Crippen LogP) is 2.71. The Hall–Kier alpha value is -1.57. The molecule has 0 N–H and O–H groups in total. The van der Waals surface area contributed by atoms with Crippen LogP contribution in [0.2, 0.25) is 0 Å². The first-order valence-electron chi connectivity index (χ1n) is 6.51. The van der Waals surface area contributed by atoms with E-state index >= 15 is 0 Å². The molecular formula is C15H16N2. The lowest BCUT2D eigenvalue weighted by Crippen LogP contribution is -2.45. The van der Waals surface area contributed by atoms with E-state index in [-0.39, 0.29) is 0 Å². The summed E-state index contributed by atoms with van der Waals surface area (Å²) in [4.78, 5) is 7.39. The van der Waals surface area contributed by atoms with Gasteiger partial charge < -0.3 is 4.90 Å². The van der Waals surface area contributed by atoms with Gasteiger partial charge in [-0.15, -0.1) is 0 Å². The smallest absolute Gasteiger partial charge is 0.0649 e. The third kappa shape index (κ3) is 1.36. The summed E-state index contributed by atoms with van der Waals surface area (Å²) in [5.41, 5.74) is 5.49. The van der Waals surface area contributed by atoms with Gasteiger partial charge in [0.1, 0.15) is 0 Å². The second-order valence-electron chi connectivity index (χ2n) is 5.19. The Bertz CT molecular complexity index is 519. The highest BCUT2D eigenvalue weighted by molar-refractivity contribution is 6.06. The molecule has 0 unspecified atom stereocenters. The molecule has 1 aromatic carbocycles. The average Bonchev–Trinajstić information content (AvgIpc) is 2.60. The lowest BCUT2D eigenvalue weighted by molar-refractivity contribution is 0.242. The Morgan fingerprint density at radius 2 is 1.94 bits per heavy atom. The minimum absolute atomic E-state index is 0.723. The van der Waals surface area contributed by atoms with Crippen molar-refractivity contribution in [1.82, 2.24) is 4.90 Å². The van der Waals surface area contributed by atoms with Crippen molar-refractivity contribution in [3.05, 3.63) is 41.1 Å². The van der Waals surface area contributed by atoms with Crippen LogP contribution in [-0.4, -0.2) is 23.7 Å². The fraction of sp³-hybridized carbons (Fsp3) is 0.400. The molecule has 2 heteroatoms. The molecule has 0 aliphatic carbocycles. The summed E-state index contributed by atoms with van der Waals surface area (Å²) in [6.07, 6.45) is 4.95. The lowest BCUT2D eigenvalue weighted by Gasteiger charge is -2.43. The van der Waals surface area contributed by atoms with E-state index < -0.39 is 0 Å². The zero-order chi connectivity index (χ0) is 11.2. The van der Waals surface area contributed by atoms with Gasteiger partial charge >= 0.3 is 0 Å². The number of hydrogen-bond acceptors (Lipinski definition) is 2. The van der Waals surface area contributed by atoms with Gasteiger partial charge in [0.15, 0.2) is 0 Å². The molecule has 17 heavy (non-hydrogen) atoms. The molecule has 5 rings (SSSR count). The van der Waals surface area contributed by atoms with Crippen LogP contribution in [0.3, 0.4) is 0 Å². The maximum Gasteiger partial charge on any atom is 0.0649 e. The first-order valence-corrected chi connectivity index (χ1v) is 6.51. The molecular weight excluding hydrogens is 208 g/mol. The summed E-state index contributed by atoms with van der Waals surface area (Å²) >= 11 is 0. The van der Waals surface area contributed by atoms with Crippen LogP contribution in [0.1, 0.15) is 24.0 Å². The minimum Gasteiger partial charge on any atom is -0.370 e. The standard InChI is InChI=1S/C15H16N2/c1-2-4-13-10-16-15-11-5-7-17(8-6-11)14(15)9-12(13)3-1/h1-4,9,11H,5-8,10H2. The van der Waals surface area contributed by atoms with Crippen LogP contribution in [0.15, 0.2) is 35.0 Å². The number of rotatable bonds is 0. The molecule has 0 atom stereocenters. The van der Waals surface area contributed by atoms with E-state index in [1.165, 1.54) is 48.5 Å². The van der Waals surface area contributed by atoms with Crippen LogP contribution in [0, 0.1) is 5.92 Å². The molecule has 4 heterocycles. The summed E-state index contributed by atoms with van der Waals surface area (Å²) in [6, 6.07) is 8.65. The van der Waals surface area contributed by atoms with Crippen molar-refractivity contribution < 1.29 is 0 Å². The van der Waals surface area contributed by atoms with Gasteiger partial charge in [-0.2, -0.15) is 0 Å². The summed E-state index contributed by atoms with van der Waals surface area (Å²) in [5, 5.41) is 0. The van der Waals surface area contributed by atoms with Crippen molar-refractivity contribution in [3.8, 4) is 0 Å². The monoisotopic (exact) mass is 224 g/mol. The van der Waals surface area contributed by atoms with E-state index in [2.05, 4.69) is 35.2 Å². The van der Waals surface area contributed by atoms with Gasteiger partial charge in [0.25, 0.3) is 0 Å². The Balaban J connectivity index is 1.88. The number of nitrogens with zero attached hydrogens (tertiary/aromatic N) is 2. The number of allylic oxidation sites excluding steroid dienone is 1. The van der Waals surface area contributed by atoms with Crippen LogP contribution in [0.4, 0.5) is 0 Å². The van der Waals surface area contributed by atoms with Crippen LogP contribution in [0.5, 0.6) is 0 Å². The third-order valence-corrected chi connectivity index (χ3v) is 4.25. The summed E-state index contributed by atoms with van der Waals surface area (Å²) < 4.78 is 0. The maximum absolute atomic E-state index is 4.88. The molecule has 0 amide bonds. The quantitative estimate of drug-likeness (QED) is 0.661. The second kappa shape index (κ2) is 3.46. The number of aliphatic imine (C=N–C) groups is 1. The van der Waals surface area contributed by atoms with Crippen molar-refractivity contribution in [3.63, 3.8) is 0 Å². The highest BCUT2D eigenvalue weighted by Crippen LogP contribution is 2.35. The normalized spacial score (nSPS) is 22.5. The van der Waals surface area contributed by atoms with Gasteiger partial charge in [-0.3, -0.25) is 4.99 Å². The van der Waals surface area contributed by atoms with E-state index in [1.807, 2.05) is 0 Å². The third-order valence-electron chi connectivity index (χ3n) is 4.25. The summed E-state index contributed by atoms with van der Waals surface area (Å²) in [7, 11) is 0. The largest absolute Gasteiger partial charge is 0.370 e. The van der Waals surface area contributed by atoms with Crippen LogP contribution in [-0.2, 0) is 6.54 Å². The molecule has 0 saturated carbocycles. The van der Waals surface area contributed by atoms with E-state index in [0.717, 1.165) is 12.5 Å².